The van der Waals surface area contributed by atoms with Crippen LogP contribution in [0.15, 0.2) is 42.5 Å². The van der Waals surface area contributed by atoms with Crippen LogP contribution in [0.25, 0.3) is 0 Å². The highest BCUT2D eigenvalue weighted by molar-refractivity contribution is 7.98. The summed E-state index contributed by atoms with van der Waals surface area (Å²) in [6.07, 6.45) is 0. The Hall–Kier alpha value is -2.16. The number of carbonyl (C=O) groups is 1. The Morgan fingerprint density at radius 1 is 1.32 bits per heavy atom. The highest BCUT2D eigenvalue weighted by Crippen LogP contribution is 2.25. The lowest BCUT2D eigenvalue weighted by molar-refractivity contribution is -0.122. The molecule has 2 aromatic rings. The van der Waals surface area contributed by atoms with Gasteiger partial charge in [-0.05, 0) is 36.2 Å². The molecule has 0 unspecified atom stereocenters. The van der Waals surface area contributed by atoms with Crippen molar-refractivity contribution in [2.45, 2.75) is 12.7 Å². The van der Waals surface area contributed by atoms with Crippen LogP contribution >= 0.6 is 23.4 Å². The molecule has 0 aliphatic heterocycles. The lowest BCUT2D eigenvalue weighted by Gasteiger charge is -2.09. The van der Waals surface area contributed by atoms with E-state index in [1.54, 1.807) is 23.9 Å². The molecule has 0 fully saturated rings. The van der Waals surface area contributed by atoms with Crippen molar-refractivity contribution in [2.75, 3.05) is 18.9 Å². The Balaban J connectivity index is 1.66. The van der Waals surface area contributed by atoms with Crippen LogP contribution in [0, 0.1) is 18.3 Å². The number of nitriles is 1. The highest BCUT2D eigenvalue weighted by atomic mass is 35.5. The Morgan fingerprint density at radius 3 is 2.92 bits per heavy atom. The van der Waals surface area contributed by atoms with Gasteiger partial charge in [0.15, 0.2) is 6.61 Å². The minimum Gasteiger partial charge on any atom is -0.482 e. The zero-order valence-electron chi connectivity index (χ0n) is 13.9. The number of aryl methyl sites for hydroxylation is 1. The first-order valence-electron chi connectivity index (χ1n) is 7.81. The molecule has 0 bridgehead atoms. The van der Waals surface area contributed by atoms with E-state index in [0.717, 1.165) is 22.6 Å². The number of rotatable bonds is 8. The topological polar surface area (TPSA) is 62.1 Å². The quantitative estimate of drug-likeness (QED) is 0.710. The number of ether oxygens (including phenoxy) is 1. The summed E-state index contributed by atoms with van der Waals surface area (Å²) in [4.78, 5) is 11.8. The van der Waals surface area contributed by atoms with E-state index in [0.29, 0.717) is 22.9 Å². The molecule has 0 aromatic heterocycles. The minimum absolute atomic E-state index is 0.0644. The maximum atomic E-state index is 11.8. The van der Waals surface area contributed by atoms with Gasteiger partial charge in [-0.3, -0.25) is 4.79 Å². The van der Waals surface area contributed by atoms with Crippen LogP contribution in [0.2, 0.25) is 5.02 Å². The first-order chi connectivity index (χ1) is 12.1. The fraction of sp³-hybridized carbons (Fsp3) is 0.263. The van der Waals surface area contributed by atoms with Crippen molar-refractivity contribution < 1.29 is 9.53 Å². The first-order valence-corrected chi connectivity index (χ1v) is 9.35. The molecular formula is C19H19ClN2O2S. The van der Waals surface area contributed by atoms with Gasteiger partial charge in [0.25, 0.3) is 5.91 Å². The van der Waals surface area contributed by atoms with Crippen LogP contribution < -0.4 is 10.1 Å². The molecular weight excluding hydrogens is 356 g/mol. The second-order valence-electron chi connectivity index (χ2n) is 5.39. The van der Waals surface area contributed by atoms with E-state index in [2.05, 4.69) is 11.4 Å². The summed E-state index contributed by atoms with van der Waals surface area (Å²) < 4.78 is 5.45. The number of carbonyl (C=O) groups excluding carboxylic acids is 1. The monoisotopic (exact) mass is 374 g/mol. The number of nitrogens with zero attached hydrogens (tertiary/aromatic N) is 1. The largest absolute Gasteiger partial charge is 0.482 e. The number of halogens is 1. The Morgan fingerprint density at radius 2 is 2.12 bits per heavy atom. The van der Waals surface area contributed by atoms with E-state index in [9.17, 15) is 4.79 Å². The van der Waals surface area contributed by atoms with E-state index in [1.807, 2.05) is 37.3 Å². The summed E-state index contributed by atoms with van der Waals surface area (Å²) in [6, 6.07) is 15.2. The smallest absolute Gasteiger partial charge is 0.257 e. The van der Waals surface area contributed by atoms with Crippen molar-refractivity contribution in [3.63, 3.8) is 0 Å². The minimum atomic E-state index is -0.185. The van der Waals surface area contributed by atoms with Crippen molar-refractivity contribution in [1.29, 1.82) is 5.26 Å². The van der Waals surface area contributed by atoms with Gasteiger partial charge in [-0.25, -0.2) is 0 Å². The molecule has 4 nitrogen and oxygen atoms in total. The van der Waals surface area contributed by atoms with Gasteiger partial charge in [0, 0.05) is 18.1 Å². The lowest BCUT2D eigenvalue weighted by Crippen LogP contribution is -2.30. The maximum absolute atomic E-state index is 11.8. The van der Waals surface area contributed by atoms with Gasteiger partial charge in [0.1, 0.15) is 5.75 Å². The van der Waals surface area contributed by atoms with Crippen molar-refractivity contribution in [2.24, 2.45) is 0 Å². The molecule has 25 heavy (non-hydrogen) atoms. The summed E-state index contributed by atoms with van der Waals surface area (Å²) in [5.41, 5.74) is 2.73. The zero-order valence-corrected chi connectivity index (χ0v) is 15.5. The van der Waals surface area contributed by atoms with Crippen LogP contribution in [-0.2, 0) is 10.5 Å². The van der Waals surface area contributed by atoms with Gasteiger partial charge in [0.2, 0.25) is 0 Å². The van der Waals surface area contributed by atoms with E-state index in [4.69, 9.17) is 21.6 Å². The van der Waals surface area contributed by atoms with Crippen molar-refractivity contribution in [3.05, 3.63) is 64.2 Å². The molecule has 6 heteroatoms. The van der Waals surface area contributed by atoms with Gasteiger partial charge in [-0.2, -0.15) is 17.0 Å². The van der Waals surface area contributed by atoms with Gasteiger partial charge >= 0.3 is 0 Å². The second-order valence-corrected chi connectivity index (χ2v) is 6.91. The van der Waals surface area contributed by atoms with Crippen molar-refractivity contribution in [1.82, 2.24) is 5.32 Å². The Bertz CT molecular complexity index is 774. The van der Waals surface area contributed by atoms with E-state index in [-0.39, 0.29) is 12.5 Å². The summed E-state index contributed by atoms with van der Waals surface area (Å²) in [5.74, 6) is 1.83. The molecule has 0 aliphatic carbocycles. The fourth-order valence-electron chi connectivity index (χ4n) is 2.12. The van der Waals surface area contributed by atoms with Crippen LogP contribution in [0.5, 0.6) is 5.75 Å². The maximum Gasteiger partial charge on any atom is 0.257 e. The van der Waals surface area contributed by atoms with Crippen LogP contribution in [-0.4, -0.2) is 24.8 Å². The molecule has 0 saturated carbocycles. The second kappa shape index (κ2) is 9.97. The SMILES string of the molecule is Cc1ccc(Cl)c(OCC(=O)NCCSCc2ccccc2C#N)c1. The van der Waals surface area contributed by atoms with Crippen LogP contribution in [0.1, 0.15) is 16.7 Å². The number of benzene rings is 2. The molecule has 0 radical (unpaired) electrons. The van der Waals surface area contributed by atoms with E-state index in [1.165, 1.54) is 0 Å². The predicted molar refractivity (Wildman–Crippen MR) is 102 cm³/mol. The summed E-state index contributed by atoms with van der Waals surface area (Å²) in [5, 5.41) is 12.3. The zero-order chi connectivity index (χ0) is 18.1. The fourth-order valence-corrected chi connectivity index (χ4v) is 3.15. The summed E-state index contributed by atoms with van der Waals surface area (Å²) in [7, 11) is 0. The summed E-state index contributed by atoms with van der Waals surface area (Å²) in [6.45, 7) is 2.42. The predicted octanol–water partition coefficient (Wildman–Crippen LogP) is 3.95. The van der Waals surface area contributed by atoms with Gasteiger partial charge in [0.05, 0.1) is 16.7 Å². The Kier molecular flexibility index (Phi) is 7.65. The van der Waals surface area contributed by atoms with Crippen LogP contribution in [0.4, 0.5) is 0 Å². The number of amides is 1. The first kappa shape index (κ1) is 19.2. The van der Waals surface area contributed by atoms with E-state index < -0.39 is 0 Å². The number of nitrogens with one attached hydrogen (secondary N) is 1. The van der Waals surface area contributed by atoms with Crippen LogP contribution in [0.3, 0.4) is 0 Å². The standard InChI is InChI=1S/C19H19ClN2O2S/c1-14-6-7-17(20)18(10-14)24-12-19(23)22-8-9-25-13-16-5-3-2-4-15(16)11-21/h2-7,10H,8-9,12-13H2,1H3,(H,22,23). The van der Waals surface area contributed by atoms with Gasteiger partial charge < -0.3 is 10.1 Å². The van der Waals surface area contributed by atoms with E-state index >= 15 is 0 Å². The third-order valence-electron chi connectivity index (χ3n) is 3.41. The normalized spacial score (nSPS) is 10.1. The molecule has 2 aromatic carbocycles. The highest BCUT2D eigenvalue weighted by Gasteiger charge is 2.06. The molecule has 0 heterocycles. The molecule has 0 spiro atoms. The molecule has 0 aliphatic rings. The molecule has 0 saturated heterocycles. The molecule has 1 N–H and O–H groups in total. The molecule has 0 atom stereocenters. The van der Waals surface area contributed by atoms with Gasteiger partial charge in [-0.15, -0.1) is 0 Å². The third kappa shape index (κ3) is 6.33. The molecule has 130 valence electrons. The number of hydrogen-bond acceptors (Lipinski definition) is 4. The molecule has 1 amide bonds. The third-order valence-corrected chi connectivity index (χ3v) is 4.73. The van der Waals surface area contributed by atoms with Crippen molar-refractivity contribution in [3.8, 4) is 11.8 Å². The Labute approximate surface area is 157 Å². The average molecular weight is 375 g/mol. The molecule has 2 rings (SSSR count). The summed E-state index contributed by atoms with van der Waals surface area (Å²) >= 11 is 7.69. The van der Waals surface area contributed by atoms with Crippen molar-refractivity contribution >= 4 is 29.3 Å². The number of thioether (sulfide) groups is 1. The lowest BCUT2D eigenvalue weighted by atomic mass is 10.1. The number of hydrogen-bond donors (Lipinski definition) is 1. The van der Waals surface area contributed by atoms with Gasteiger partial charge in [-0.1, -0.05) is 35.9 Å². The average Bonchev–Trinajstić information content (AvgIpc) is 2.62.